The molecule has 0 bridgehead atoms. The molecule has 0 spiro atoms. The van der Waals surface area contributed by atoms with Gasteiger partial charge in [-0.1, -0.05) is 0 Å². The molecule has 2 aromatic rings. The van der Waals surface area contributed by atoms with Gasteiger partial charge in [0.25, 0.3) is 0 Å². The number of aryl methyl sites for hydroxylation is 2. The molecule has 64 valence electrons. The topological polar surface area (TPSA) is 20.7 Å². The Kier molecular flexibility index (Phi) is 3.20. The lowest BCUT2D eigenvalue weighted by Gasteiger charge is -1.79. The number of hydrogen-bond donors (Lipinski definition) is 1. The van der Waals surface area contributed by atoms with Gasteiger partial charge in [0.2, 0.25) is 0 Å². The minimum absolute atomic E-state index is 1.22. The lowest BCUT2D eigenvalue weighted by atomic mass is 10.5. The van der Waals surface area contributed by atoms with Crippen molar-refractivity contribution >= 4 is 0 Å². The number of nitrogens with one attached hydrogen (secondary N) is 1. The van der Waals surface area contributed by atoms with E-state index in [9.17, 15) is 0 Å². The molecule has 0 radical (unpaired) electrons. The van der Waals surface area contributed by atoms with Crippen LogP contribution in [0.5, 0.6) is 0 Å². The minimum atomic E-state index is 1.22. The van der Waals surface area contributed by atoms with Gasteiger partial charge >= 0.3 is 0 Å². The zero-order chi connectivity index (χ0) is 8.81. The third-order valence-electron chi connectivity index (χ3n) is 1.51. The molecule has 1 N–H and O–H groups in total. The highest BCUT2D eigenvalue weighted by molar-refractivity contribution is 4.99. The van der Waals surface area contributed by atoms with Gasteiger partial charge in [0.15, 0.2) is 0 Å². The van der Waals surface area contributed by atoms with Crippen molar-refractivity contribution in [1.82, 2.24) is 9.55 Å². The van der Waals surface area contributed by atoms with Crippen LogP contribution in [0.15, 0.2) is 42.9 Å². The molecule has 0 saturated carbocycles. The van der Waals surface area contributed by atoms with Crippen molar-refractivity contribution in [3.05, 3.63) is 48.5 Å². The van der Waals surface area contributed by atoms with Gasteiger partial charge in [0.1, 0.15) is 0 Å². The molecule has 2 heteroatoms. The SMILES string of the molecule is Cc1ccc[nH]1.Cn1cccc1. The number of aromatic nitrogens is 2. The summed E-state index contributed by atoms with van der Waals surface area (Å²) < 4.78 is 2.00. The summed E-state index contributed by atoms with van der Waals surface area (Å²) in [5, 5.41) is 0. The molecule has 0 saturated heterocycles. The van der Waals surface area contributed by atoms with Crippen molar-refractivity contribution in [3.8, 4) is 0 Å². The van der Waals surface area contributed by atoms with E-state index in [0.29, 0.717) is 0 Å². The largest absolute Gasteiger partial charge is 0.365 e. The molecule has 2 rings (SSSR count). The Morgan fingerprint density at radius 3 is 2.00 bits per heavy atom. The van der Waals surface area contributed by atoms with E-state index < -0.39 is 0 Å². The highest BCUT2D eigenvalue weighted by Gasteiger charge is 1.72. The van der Waals surface area contributed by atoms with Crippen molar-refractivity contribution in [2.45, 2.75) is 6.92 Å². The van der Waals surface area contributed by atoms with Gasteiger partial charge in [-0.05, 0) is 31.2 Å². The van der Waals surface area contributed by atoms with E-state index in [-0.39, 0.29) is 0 Å². The minimum Gasteiger partial charge on any atom is -0.365 e. The molecule has 2 nitrogen and oxygen atoms in total. The van der Waals surface area contributed by atoms with E-state index in [1.165, 1.54) is 5.69 Å². The van der Waals surface area contributed by atoms with Gasteiger partial charge in [-0.15, -0.1) is 0 Å². The van der Waals surface area contributed by atoms with Crippen molar-refractivity contribution in [3.63, 3.8) is 0 Å². The molecule has 0 unspecified atom stereocenters. The molecule has 0 atom stereocenters. The maximum atomic E-state index is 3.00. The molecule has 2 aromatic heterocycles. The second kappa shape index (κ2) is 4.44. The van der Waals surface area contributed by atoms with Crippen LogP contribution in [0.4, 0.5) is 0 Å². The van der Waals surface area contributed by atoms with Crippen LogP contribution in [0.25, 0.3) is 0 Å². The molecule has 12 heavy (non-hydrogen) atoms. The van der Waals surface area contributed by atoms with E-state index in [4.69, 9.17) is 0 Å². The smallest absolute Gasteiger partial charge is 0.0115 e. The molecular formula is C10H14N2. The van der Waals surface area contributed by atoms with E-state index in [1.54, 1.807) is 0 Å². The summed E-state index contributed by atoms with van der Waals surface area (Å²) in [7, 11) is 2.00. The van der Waals surface area contributed by atoms with E-state index in [1.807, 2.05) is 61.4 Å². The summed E-state index contributed by atoms with van der Waals surface area (Å²) in [5.41, 5.74) is 1.22. The van der Waals surface area contributed by atoms with Gasteiger partial charge in [-0.25, -0.2) is 0 Å². The van der Waals surface area contributed by atoms with Gasteiger partial charge in [-0.3, -0.25) is 0 Å². The van der Waals surface area contributed by atoms with Gasteiger partial charge in [-0.2, -0.15) is 0 Å². The Labute approximate surface area is 72.9 Å². The molecule has 0 aromatic carbocycles. The Balaban J connectivity index is 0.000000120. The van der Waals surface area contributed by atoms with Gasteiger partial charge in [0.05, 0.1) is 0 Å². The van der Waals surface area contributed by atoms with Crippen molar-refractivity contribution in [1.29, 1.82) is 0 Å². The van der Waals surface area contributed by atoms with Crippen LogP contribution in [0, 0.1) is 6.92 Å². The molecule has 0 aliphatic rings. The van der Waals surface area contributed by atoms with Crippen molar-refractivity contribution in [2.24, 2.45) is 7.05 Å². The normalized spacial score (nSPS) is 8.83. The Hall–Kier alpha value is -1.44. The fourth-order valence-electron chi connectivity index (χ4n) is 0.841. The number of hydrogen-bond acceptors (Lipinski definition) is 0. The lowest BCUT2D eigenvalue weighted by Crippen LogP contribution is -1.75. The fraction of sp³-hybridized carbons (Fsp3) is 0.200. The zero-order valence-electron chi connectivity index (χ0n) is 7.49. The molecule has 0 aliphatic heterocycles. The molecule has 0 aliphatic carbocycles. The summed E-state index contributed by atoms with van der Waals surface area (Å²) in [6.07, 6.45) is 5.91. The summed E-state index contributed by atoms with van der Waals surface area (Å²) >= 11 is 0. The quantitative estimate of drug-likeness (QED) is 0.614. The second-order valence-electron chi connectivity index (χ2n) is 2.70. The van der Waals surface area contributed by atoms with Crippen molar-refractivity contribution < 1.29 is 0 Å². The predicted molar refractivity (Wildman–Crippen MR) is 50.9 cm³/mol. The monoisotopic (exact) mass is 162 g/mol. The Morgan fingerprint density at radius 1 is 1.17 bits per heavy atom. The van der Waals surface area contributed by atoms with E-state index >= 15 is 0 Å². The van der Waals surface area contributed by atoms with Crippen LogP contribution >= 0.6 is 0 Å². The Morgan fingerprint density at radius 2 is 1.83 bits per heavy atom. The standard InChI is InChI=1S/2C5H7N/c1-6-4-2-3-5-6;1-5-3-2-4-6-5/h2-5H,1H3;2-4,6H,1H3. The molecule has 0 fully saturated rings. The maximum Gasteiger partial charge on any atom is 0.0115 e. The highest BCUT2D eigenvalue weighted by atomic mass is 14.9. The Bertz CT molecular complexity index is 247. The number of aromatic amines is 1. The summed E-state index contributed by atoms with van der Waals surface area (Å²) in [6, 6.07) is 8.01. The first-order valence-corrected chi connectivity index (χ1v) is 3.96. The second-order valence-corrected chi connectivity index (χ2v) is 2.70. The van der Waals surface area contributed by atoms with Crippen LogP contribution in [0.1, 0.15) is 5.69 Å². The average molecular weight is 162 g/mol. The third-order valence-corrected chi connectivity index (χ3v) is 1.51. The van der Waals surface area contributed by atoms with E-state index in [2.05, 4.69) is 4.98 Å². The molecule has 2 heterocycles. The number of nitrogens with zero attached hydrogens (tertiary/aromatic N) is 1. The third kappa shape index (κ3) is 3.10. The van der Waals surface area contributed by atoms with Crippen LogP contribution in [0.2, 0.25) is 0 Å². The first kappa shape index (κ1) is 8.65. The average Bonchev–Trinajstić information content (AvgIpc) is 2.63. The number of H-pyrrole nitrogens is 1. The summed E-state index contributed by atoms with van der Waals surface area (Å²) in [5.74, 6) is 0. The lowest BCUT2D eigenvalue weighted by molar-refractivity contribution is 0.928. The zero-order valence-corrected chi connectivity index (χ0v) is 7.49. The van der Waals surface area contributed by atoms with Crippen LogP contribution in [0.3, 0.4) is 0 Å². The first-order chi connectivity index (χ1) is 5.79. The van der Waals surface area contributed by atoms with Gasteiger partial charge < -0.3 is 9.55 Å². The maximum absolute atomic E-state index is 3.00. The predicted octanol–water partition coefficient (Wildman–Crippen LogP) is 2.35. The van der Waals surface area contributed by atoms with Crippen molar-refractivity contribution in [2.75, 3.05) is 0 Å². The van der Waals surface area contributed by atoms with Crippen LogP contribution in [-0.4, -0.2) is 9.55 Å². The van der Waals surface area contributed by atoms with Gasteiger partial charge in [0, 0.05) is 31.3 Å². The highest BCUT2D eigenvalue weighted by Crippen LogP contribution is 1.86. The van der Waals surface area contributed by atoms with Crippen LogP contribution in [-0.2, 0) is 7.05 Å². The first-order valence-electron chi connectivity index (χ1n) is 3.96. The molecular weight excluding hydrogens is 148 g/mol. The fourth-order valence-corrected chi connectivity index (χ4v) is 0.841. The number of rotatable bonds is 0. The molecule has 0 amide bonds. The van der Waals surface area contributed by atoms with Crippen LogP contribution < -0.4 is 0 Å². The summed E-state index contributed by atoms with van der Waals surface area (Å²) in [6.45, 7) is 2.03. The van der Waals surface area contributed by atoms with E-state index in [0.717, 1.165) is 0 Å². The summed E-state index contributed by atoms with van der Waals surface area (Å²) in [4.78, 5) is 3.00.